The lowest BCUT2D eigenvalue weighted by atomic mass is 10.4. The maximum Gasteiger partial charge on any atom is 0.321 e. The van der Waals surface area contributed by atoms with Gasteiger partial charge in [-0.05, 0) is 25.1 Å². The molecule has 0 aliphatic rings. The molecule has 0 aromatic heterocycles. The third kappa shape index (κ3) is 5.16. The topological polar surface area (TPSA) is 58.2 Å². The Morgan fingerprint density at radius 3 is 2.72 bits per heavy atom. The second kappa shape index (κ2) is 7.51. The zero-order valence-electron chi connectivity index (χ0n) is 9.63. The van der Waals surface area contributed by atoms with E-state index in [0.29, 0.717) is 21.5 Å². The predicted molar refractivity (Wildman–Crippen MR) is 74.4 cm³/mol. The minimum Gasteiger partial charge on any atom is -0.338 e. The number of rotatable bonds is 4. The highest BCUT2D eigenvalue weighted by Crippen LogP contribution is 2.29. The highest BCUT2D eigenvalue weighted by molar-refractivity contribution is 8.00. The third-order valence-electron chi connectivity index (χ3n) is 1.84. The highest BCUT2D eigenvalue weighted by atomic mass is 35.5. The molecule has 0 fully saturated rings. The third-order valence-corrected chi connectivity index (χ3v) is 3.57. The lowest BCUT2D eigenvalue weighted by Crippen LogP contribution is -2.40. The van der Waals surface area contributed by atoms with E-state index in [2.05, 4.69) is 10.6 Å². The summed E-state index contributed by atoms with van der Waals surface area (Å²) in [5, 5.41) is 5.74. The van der Waals surface area contributed by atoms with Crippen molar-refractivity contribution in [2.45, 2.75) is 11.8 Å². The zero-order chi connectivity index (χ0) is 13.5. The van der Waals surface area contributed by atoms with Crippen molar-refractivity contribution in [1.82, 2.24) is 10.6 Å². The van der Waals surface area contributed by atoms with E-state index < -0.39 is 6.03 Å². The van der Waals surface area contributed by atoms with Gasteiger partial charge in [-0.1, -0.05) is 23.2 Å². The molecule has 0 unspecified atom stereocenters. The summed E-state index contributed by atoms with van der Waals surface area (Å²) >= 11 is 13.0. The molecule has 1 aromatic carbocycles. The van der Waals surface area contributed by atoms with E-state index in [4.69, 9.17) is 23.2 Å². The number of hydrogen-bond acceptors (Lipinski definition) is 3. The van der Waals surface area contributed by atoms with Crippen LogP contribution in [-0.4, -0.2) is 24.2 Å². The van der Waals surface area contributed by atoms with Gasteiger partial charge in [0.1, 0.15) is 0 Å². The lowest BCUT2D eigenvalue weighted by Gasteiger charge is -2.06. The van der Waals surface area contributed by atoms with Crippen molar-refractivity contribution in [1.29, 1.82) is 0 Å². The van der Waals surface area contributed by atoms with E-state index in [0.717, 1.165) is 0 Å². The summed E-state index contributed by atoms with van der Waals surface area (Å²) in [5.41, 5.74) is 0. The number of halogens is 2. The van der Waals surface area contributed by atoms with Gasteiger partial charge in [0.25, 0.3) is 0 Å². The van der Waals surface area contributed by atoms with Crippen molar-refractivity contribution in [2.24, 2.45) is 0 Å². The van der Waals surface area contributed by atoms with Gasteiger partial charge in [0.15, 0.2) is 0 Å². The van der Waals surface area contributed by atoms with Gasteiger partial charge >= 0.3 is 6.03 Å². The normalized spacial score (nSPS) is 9.94. The van der Waals surface area contributed by atoms with E-state index in [-0.39, 0.29) is 11.7 Å². The summed E-state index contributed by atoms with van der Waals surface area (Å²) in [6.45, 7) is 2.23. The fraction of sp³-hybridized carbons (Fsp3) is 0.273. The molecule has 1 rings (SSSR count). The highest BCUT2D eigenvalue weighted by Gasteiger charge is 2.09. The van der Waals surface area contributed by atoms with Gasteiger partial charge in [-0.3, -0.25) is 10.1 Å². The van der Waals surface area contributed by atoms with Crippen LogP contribution in [-0.2, 0) is 4.79 Å². The average Bonchev–Trinajstić information content (AvgIpc) is 2.30. The summed E-state index contributed by atoms with van der Waals surface area (Å²) in [6.07, 6.45) is 0. The van der Waals surface area contributed by atoms with Crippen molar-refractivity contribution in [3.63, 3.8) is 0 Å². The summed E-state index contributed by atoms with van der Waals surface area (Å²) in [4.78, 5) is 23.2. The lowest BCUT2D eigenvalue weighted by molar-refractivity contribution is -0.117. The van der Waals surface area contributed by atoms with E-state index in [1.807, 2.05) is 0 Å². The number of thioether (sulfide) groups is 1. The second-order valence-corrected chi connectivity index (χ2v) is 5.13. The van der Waals surface area contributed by atoms with Crippen LogP contribution >= 0.6 is 35.0 Å². The molecule has 0 radical (unpaired) electrons. The fourth-order valence-electron chi connectivity index (χ4n) is 1.10. The maximum absolute atomic E-state index is 11.4. The Balaban J connectivity index is 2.47. The first-order valence-corrected chi connectivity index (χ1v) is 6.92. The predicted octanol–water partition coefficient (Wildman–Crippen LogP) is 2.93. The number of nitrogens with one attached hydrogen (secondary N) is 2. The number of carbonyl (C=O) groups excluding carboxylic acids is 2. The van der Waals surface area contributed by atoms with Crippen molar-refractivity contribution >= 4 is 46.9 Å². The van der Waals surface area contributed by atoms with Gasteiger partial charge in [0, 0.05) is 16.5 Å². The van der Waals surface area contributed by atoms with Gasteiger partial charge < -0.3 is 5.32 Å². The van der Waals surface area contributed by atoms with Crippen LogP contribution < -0.4 is 10.6 Å². The first-order valence-electron chi connectivity index (χ1n) is 5.18. The Morgan fingerprint density at radius 2 is 2.06 bits per heavy atom. The van der Waals surface area contributed by atoms with E-state index in [1.54, 1.807) is 25.1 Å². The van der Waals surface area contributed by atoms with Gasteiger partial charge in [0.2, 0.25) is 5.91 Å². The first-order chi connectivity index (χ1) is 8.52. The van der Waals surface area contributed by atoms with Crippen LogP contribution in [0.3, 0.4) is 0 Å². The largest absolute Gasteiger partial charge is 0.338 e. The van der Waals surface area contributed by atoms with E-state index in [9.17, 15) is 9.59 Å². The number of imide groups is 1. The summed E-state index contributed by atoms with van der Waals surface area (Å²) in [7, 11) is 0. The van der Waals surface area contributed by atoms with Crippen LogP contribution in [0.5, 0.6) is 0 Å². The van der Waals surface area contributed by atoms with Crippen LogP contribution in [0.1, 0.15) is 6.92 Å². The van der Waals surface area contributed by atoms with Crippen LogP contribution in [0.2, 0.25) is 10.0 Å². The number of carbonyl (C=O) groups is 2. The SMILES string of the molecule is CCNC(=O)NC(=O)CSc1cc(Cl)ccc1Cl. The molecule has 0 saturated carbocycles. The van der Waals surface area contributed by atoms with Gasteiger partial charge in [0.05, 0.1) is 10.8 Å². The standard InChI is InChI=1S/C11H12Cl2N2O2S/c1-2-14-11(17)15-10(16)6-18-9-5-7(12)3-4-8(9)13/h3-5H,2,6H2,1H3,(H2,14,15,16,17). The van der Waals surface area contributed by atoms with Crippen molar-refractivity contribution in [3.05, 3.63) is 28.2 Å². The number of amides is 3. The minimum absolute atomic E-state index is 0.0944. The van der Waals surface area contributed by atoms with Gasteiger partial charge in [-0.15, -0.1) is 11.8 Å². The summed E-state index contributed by atoms with van der Waals surface area (Å²) in [6, 6.07) is 4.50. The number of urea groups is 1. The molecule has 0 bridgehead atoms. The Hall–Kier alpha value is -0.910. The Morgan fingerprint density at radius 1 is 1.33 bits per heavy atom. The van der Waals surface area contributed by atoms with Crippen molar-refractivity contribution in [2.75, 3.05) is 12.3 Å². The molecule has 1 aromatic rings. The molecule has 0 aliphatic heterocycles. The summed E-state index contributed by atoms with van der Waals surface area (Å²) in [5.74, 6) is -0.293. The zero-order valence-corrected chi connectivity index (χ0v) is 12.0. The smallest absolute Gasteiger partial charge is 0.321 e. The van der Waals surface area contributed by atoms with Crippen LogP contribution in [0.4, 0.5) is 4.79 Å². The van der Waals surface area contributed by atoms with Crippen LogP contribution in [0.15, 0.2) is 23.1 Å². The molecular weight excluding hydrogens is 295 g/mol. The molecule has 0 saturated heterocycles. The van der Waals surface area contributed by atoms with Crippen LogP contribution in [0.25, 0.3) is 0 Å². The Labute approximate surface area is 119 Å². The Bertz CT molecular complexity index is 455. The second-order valence-electron chi connectivity index (χ2n) is 3.27. The number of benzene rings is 1. The van der Waals surface area contributed by atoms with Crippen LogP contribution in [0, 0.1) is 0 Å². The molecule has 18 heavy (non-hydrogen) atoms. The number of hydrogen-bond donors (Lipinski definition) is 2. The fourth-order valence-corrected chi connectivity index (χ4v) is 2.39. The van der Waals surface area contributed by atoms with E-state index >= 15 is 0 Å². The summed E-state index contributed by atoms with van der Waals surface area (Å²) < 4.78 is 0. The molecule has 0 aliphatic carbocycles. The molecule has 98 valence electrons. The molecule has 4 nitrogen and oxygen atoms in total. The first kappa shape index (κ1) is 15.1. The maximum atomic E-state index is 11.4. The average molecular weight is 307 g/mol. The molecule has 2 N–H and O–H groups in total. The quantitative estimate of drug-likeness (QED) is 0.841. The monoisotopic (exact) mass is 306 g/mol. The van der Waals surface area contributed by atoms with Crippen molar-refractivity contribution in [3.8, 4) is 0 Å². The molecule has 0 heterocycles. The Kier molecular flexibility index (Phi) is 6.32. The molecule has 0 spiro atoms. The molecule has 0 atom stereocenters. The molecule has 3 amide bonds. The van der Waals surface area contributed by atoms with Crippen molar-refractivity contribution < 1.29 is 9.59 Å². The minimum atomic E-state index is -0.500. The van der Waals surface area contributed by atoms with Gasteiger partial charge in [-0.25, -0.2) is 4.79 Å². The van der Waals surface area contributed by atoms with E-state index in [1.165, 1.54) is 11.8 Å². The van der Waals surface area contributed by atoms with Gasteiger partial charge in [-0.2, -0.15) is 0 Å². The molecular formula is C11H12Cl2N2O2S. The molecule has 7 heteroatoms.